The molecule has 0 radical (unpaired) electrons. The monoisotopic (exact) mass is 216 g/mol. The fourth-order valence-corrected chi connectivity index (χ4v) is 2.56. The van der Waals surface area contributed by atoms with Crippen molar-refractivity contribution in [3.05, 3.63) is 30.2 Å². The van der Waals surface area contributed by atoms with E-state index in [9.17, 15) is 0 Å². The summed E-state index contributed by atoms with van der Waals surface area (Å²) in [7, 11) is 0. The van der Waals surface area contributed by atoms with Crippen LogP contribution in [0.5, 0.6) is 0 Å². The molecule has 16 heavy (non-hydrogen) atoms. The van der Waals surface area contributed by atoms with Gasteiger partial charge < -0.3 is 9.73 Å². The smallest absolute Gasteiger partial charge is 0.181 e. The van der Waals surface area contributed by atoms with Crippen molar-refractivity contribution in [3.8, 4) is 0 Å². The zero-order valence-electron chi connectivity index (χ0n) is 9.44. The number of benzene rings is 1. The van der Waals surface area contributed by atoms with Crippen LogP contribution in [0.1, 0.15) is 31.2 Å². The van der Waals surface area contributed by atoms with Crippen LogP contribution in [0, 0.1) is 0 Å². The molecule has 0 bridgehead atoms. The van der Waals surface area contributed by atoms with Gasteiger partial charge in [-0.1, -0.05) is 6.07 Å². The van der Waals surface area contributed by atoms with Crippen molar-refractivity contribution in [1.29, 1.82) is 0 Å². The highest BCUT2D eigenvalue weighted by molar-refractivity contribution is 5.72. The van der Waals surface area contributed by atoms with Crippen molar-refractivity contribution in [1.82, 2.24) is 10.3 Å². The standard InChI is InChI=1S/C13H16N2O/c1-9-6-11(4-5-14-9)10-2-3-12-13(7-10)16-8-15-12/h2-3,7-9,11,14H,4-6H2,1H3. The van der Waals surface area contributed by atoms with Crippen molar-refractivity contribution < 1.29 is 4.42 Å². The first-order valence-electron chi connectivity index (χ1n) is 5.89. The number of aromatic nitrogens is 1. The summed E-state index contributed by atoms with van der Waals surface area (Å²) in [6.07, 6.45) is 3.93. The average Bonchev–Trinajstić information content (AvgIpc) is 2.75. The third-order valence-corrected chi connectivity index (χ3v) is 3.45. The van der Waals surface area contributed by atoms with Crippen molar-refractivity contribution in [2.75, 3.05) is 6.54 Å². The second-order valence-electron chi connectivity index (χ2n) is 4.66. The van der Waals surface area contributed by atoms with Crippen molar-refractivity contribution in [2.45, 2.75) is 31.7 Å². The largest absolute Gasteiger partial charge is 0.443 e. The minimum atomic E-state index is 0.615. The summed E-state index contributed by atoms with van der Waals surface area (Å²) in [5.74, 6) is 0.658. The minimum absolute atomic E-state index is 0.615. The first kappa shape index (κ1) is 9.85. The lowest BCUT2D eigenvalue weighted by atomic mass is 9.87. The first-order chi connectivity index (χ1) is 7.83. The predicted molar refractivity (Wildman–Crippen MR) is 63.4 cm³/mol. The number of hydrogen-bond acceptors (Lipinski definition) is 3. The van der Waals surface area contributed by atoms with Gasteiger partial charge in [0.2, 0.25) is 0 Å². The maximum atomic E-state index is 5.35. The first-order valence-corrected chi connectivity index (χ1v) is 5.89. The molecule has 3 nitrogen and oxygen atoms in total. The molecule has 3 heteroatoms. The molecule has 0 saturated carbocycles. The summed E-state index contributed by atoms with van der Waals surface area (Å²) in [6, 6.07) is 7.00. The summed E-state index contributed by atoms with van der Waals surface area (Å²) in [6.45, 7) is 3.36. The van der Waals surface area contributed by atoms with E-state index in [1.807, 2.05) is 0 Å². The van der Waals surface area contributed by atoms with Gasteiger partial charge in [0, 0.05) is 6.04 Å². The second-order valence-corrected chi connectivity index (χ2v) is 4.66. The van der Waals surface area contributed by atoms with Crippen molar-refractivity contribution >= 4 is 11.1 Å². The van der Waals surface area contributed by atoms with Gasteiger partial charge in [-0.3, -0.25) is 0 Å². The van der Waals surface area contributed by atoms with Crippen LogP contribution in [-0.2, 0) is 0 Å². The summed E-state index contributed by atoms with van der Waals surface area (Å²) in [5.41, 5.74) is 3.24. The maximum absolute atomic E-state index is 5.35. The number of rotatable bonds is 1. The van der Waals surface area contributed by atoms with Crippen LogP contribution in [0.4, 0.5) is 0 Å². The Morgan fingerprint density at radius 2 is 2.38 bits per heavy atom. The Morgan fingerprint density at radius 1 is 1.44 bits per heavy atom. The normalized spacial score (nSPS) is 26.1. The van der Waals surface area contributed by atoms with Crippen LogP contribution >= 0.6 is 0 Å². The molecular formula is C13H16N2O. The van der Waals surface area contributed by atoms with Gasteiger partial charge in [-0.15, -0.1) is 0 Å². The molecule has 1 aliphatic heterocycles. The molecule has 2 unspecified atom stereocenters. The van der Waals surface area contributed by atoms with E-state index >= 15 is 0 Å². The Kier molecular flexibility index (Phi) is 2.40. The van der Waals surface area contributed by atoms with Crippen LogP contribution in [0.15, 0.2) is 29.0 Å². The predicted octanol–water partition coefficient (Wildman–Crippen LogP) is 2.68. The van der Waals surface area contributed by atoms with Gasteiger partial charge in [0.1, 0.15) is 5.52 Å². The molecule has 3 rings (SSSR count). The van der Waals surface area contributed by atoms with E-state index in [-0.39, 0.29) is 0 Å². The van der Waals surface area contributed by atoms with E-state index in [1.165, 1.54) is 24.8 Å². The Morgan fingerprint density at radius 3 is 3.25 bits per heavy atom. The molecule has 1 fully saturated rings. The number of hydrogen-bond donors (Lipinski definition) is 1. The maximum Gasteiger partial charge on any atom is 0.181 e. The van der Waals surface area contributed by atoms with Gasteiger partial charge in [-0.25, -0.2) is 4.98 Å². The van der Waals surface area contributed by atoms with E-state index in [0.717, 1.165) is 17.6 Å². The molecule has 0 spiro atoms. The highest BCUT2D eigenvalue weighted by Crippen LogP contribution is 2.29. The van der Waals surface area contributed by atoms with Gasteiger partial charge in [0.15, 0.2) is 12.0 Å². The summed E-state index contributed by atoms with van der Waals surface area (Å²) >= 11 is 0. The molecule has 1 aromatic heterocycles. The van der Waals surface area contributed by atoms with Gasteiger partial charge in [-0.2, -0.15) is 0 Å². The van der Waals surface area contributed by atoms with Crippen molar-refractivity contribution in [3.63, 3.8) is 0 Å². The lowest BCUT2D eigenvalue weighted by molar-refractivity contribution is 0.381. The average molecular weight is 216 g/mol. The van der Waals surface area contributed by atoms with Crippen LogP contribution < -0.4 is 5.32 Å². The number of nitrogens with zero attached hydrogens (tertiary/aromatic N) is 1. The zero-order valence-corrected chi connectivity index (χ0v) is 9.44. The molecule has 1 N–H and O–H groups in total. The lowest BCUT2D eigenvalue weighted by Crippen LogP contribution is -2.34. The second kappa shape index (κ2) is 3.91. The summed E-state index contributed by atoms with van der Waals surface area (Å²) < 4.78 is 5.35. The van der Waals surface area contributed by atoms with Crippen molar-refractivity contribution in [2.24, 2.45) is 0 Å². The Hall–Kier alpha value is -1.35. The topological polar surface area (TPSA) is 38.1 Å². The number of nitrogens with one attached hydrogen (secondary N) is 1. The summed E-state index contributed by atoms with van der Waals surface area (Å²) in [4.78, 5) is 4.14. The molecule has 2 heterocycles. The van der Waals surface area contributed by atoms with Crippen LogP contribution in [0.3, 0.4) is 0 Å². The molecule has 0 aliphatic carbocycles. The highest BCUT2D eigenvalue weighted by atomic mass is 16.3. The van der Waals surface area contributed by atoms with Crippen LogP contribution in [0.2, 0.25) is 0 Å². The van der Waals surface area contributed by atoms with E-state index in [0.29, 0.717) is 12.0 Å². The van der Waals surface area contributed by atoms with Crippen LogP contribution in [-0.4, -0.2) is 17.6 Å². The van der Waals surface area contributed by atoms with Gasteiger partial charge in [0.25, 0.3) is 0 Å². The van der Waals surface area contributed by atoms with Gasteiger partial charge in [-0.05, 0) is 49.9 Å². The van der Waals surface area contributed by atoms with Gasteiger partial charge >= 0.3 is 0 Å². The third-order valence-electron chi connectivity index (χ3n) is 3.45. The Labute approximate surface area is 94.9 Å². The fourth-order valence-electron chi connectivity index (χ4n) is 2.56. The fraction of sp³-hybridized carbons (Fsp3) is 0.462. The van der Waals surface area contributed by atoms with Gasteiger partial charge in [0.05, 0.1) is 0 Å². The highest BCUT2D eigenvalue weighted by Gasteiger charge is 2.20. The number of oxazole rings is 1. The third kappa shape index (κ3) is 1.71. The lowest BCUT2D eigenvalue weighted by Gasteiger charge is -2.28. The molecule has 1 aliphatic rings. The van der Waals surface area contributed by atoms with E-state index < -0.39 is 0 Å². The quantitative estimate of drug-likeness (QED) is 0.796. The Balaban J connectivity index is 1.92. The SMILES string of the molecule is CC1CC(c2ccc3ncoc3c2)CCN1. The molecule has 2 atom stereocenters. The summed E-state index contributed by atoms with van der Waals surface area (Å²) in [5, 5.41) is 3.48. The van der Waals surface area contributed by atoms with E-state index in [1.54, 1.807) is 0 Å². The van der Waals surface area contributed by atoms with E-state index in [2.05, 4.69) is 35.4 Å². The number of fused-ring (bicyclic) bond motifs is 1. The minimum Gasteiger partial charge on any atom is -0.443 e. The molecule has 0 amide bonds. The molecule has 1 saturated heterocycles. The number of piperidine rings is 1. The Bertz CT molecular complexity index is 491. The van der Waals surface area contributed by atoms with Crippen LogP contribution in [0.25, 0.3) is 11.1 Å². The molecule has 2 aromatic rings. The van der Waals surface area contributed by atoms with E-state index in [4.69, 9.17) is 4.42 Å². The molecule has 1 aromatic carbocycles. The molecular weight excluding hydrogens is 200 g/mol. The zero-order chi connectivity index (χ0) is 11.0. The molecule has 84 valence electrons.